The van der Waals surface area contributed by atoms with Gasteiger partial charge in [0.05, 0.1) is 22.2 Å². The zero-order chi connectivity index (χ0) is 24.6. The molecule has 35 heavy (non-hydrogen) atoms. The van der Waals surface area contributed by atoms with E-state index in [2.05, 4.69) is 4.98 Å². The number of fused-ring (bicyclic) bond motifs is 1. The van der Waals surface area contributed by atoms with Gasteiger partial charge in [-0.1, -0.05) is 24.3 Å². The fourth-order valence-electron chi connectivity index (χ4n) is 3.76. The van der Waals surface area contributed by atoms with Crippen LogP contribution in [0.4, 0.5) is 13.2 Å². The third-order valence-electron chi connectivity index (χ3n) is 5.80. The fourth-order valence-corrected chi connectivity index (χ4v) is 4.76. The van der Waals surface area contributed by atoms with Crippen LogP contribution in [0.15, 0.2) is 66.7 Å². The van der Waals surface area contributed by atoms with E-state index in [0.29, 0.717) is 29.0 Å². The number of hydrogen-bond donors (Lipinski definition) is 0. The number of carbonyl (C=O) groups is 2. The Morgan fingerprint density at radius 3 is 2.40 bits per heavy atom. The topological polar surface area (TPSA) is 56.3 Å². The molecule has 1 saturated carbocycles. The Kier molecular flexibility index (Phi) is 6.15. The van der Waals surface area contributed by atoms with Crippen molar-refractivity contribution >= 4 is 33.1 Å². The number of rotatable bonds is 8. The summed E-state index contributed by atoms with van der Waals surface area (Å²) >= 11 is 1.47. The van der Waals surface area contributed by atoms with Crippen molar-refractivity contribution in [3.8, 4) is 11.5 Å². The van der Waals surface area contributed by atoms with Crippen LogP contribution in [0, 0.1) is 5.92 Å². The molecule has 0 atom stereocenters. The molecular formula is C27H20F3NO3S. The van der Waals surface area contributed by atoms with Crippen molar-refractivity contribution < 1.29 is 27.5 Å². The average Bonchev–Trinajstić information content (AvgIpc) is 3.60. The second-order valence-corrected chi connectivity index (χ2v) is 9.69. The number of aromatic nitrogens is 1. The minimum absolute atomic E-state index is 0.0171. The molecule has 4 nitrogen and oxygen atoms in total. The molecule has 1 heterocycles. The van der Waals surface area contributed by atoms with Gasteiger partial charge in [0.25, 0.3) is 0 Å². The lowest BCUT2D eigenvalue weighted by molar-refractivity contribution is -0.137. The first kappa shape index (κ1) is 23.2. The molecule has 0 aliphatic heterocycles. The van der Waals surface area contributed by atoms with E-state index >= 15 is 0 Å². The molecule has 0 bridgehead atoms. The predicted molar refractivity (Wildman–Crippen MR) is 127 cm³/mol. The Morgan fingerprint density at radius 1 is 0.943 bits per heavy atom. The lowest BCUT2D eigenvalue weighted by atomic mass is 10.0. The van der Waals surface area contributed by atoms with E-state index in [9.17, 15) is 22.8 Å². The van der Waals surface area contributed by atoms with Crippen LogP contribution in [0.1, 0.15) is 39.3 Å². The van der Waals surface area contributed by atoms with E-state index in [1.54, 1.807) is 30.3 Å². The third kappa shape index (κ3) is 5.59. The molecule has 178 valence electrons. The van der Waals surface area contributed by atoms with Crippen molar-refractivity contribution in [3.05, 3.63) is 88.4 Å². The van der Waals surface area contributed by atoms with Gasteiger partial charge in [-0.25, -0.2) is 4.98 Å². The Hall–Kier alpha value is -3.52. The number of ketones is 2. The van der Waals surface area contributed by atoms with Crippen LogP contribution in [0.5, 0.6) is 11.5 Å². The second-order valence-electron chi connectivity index (χ2n) is 8.58. The number of alkyl halides is 3. The molecular weight excluding hydrogens is 475 g/mol. The van der Waals surface area contributed by atoms with E-state index < -0.39 is 11.7 Å². The molecule has 0 amide bonds. The zero-order valence-corrected chi connectivity index (χ0v) is 19.3. The second kappa shape index (κ2) is 9.26. The number of halogens is 3. The number of Topliss-reactive ketones (excluding diaryl/α,β-unsaturated/α-hetero) is 2. The van der Waals surface area contributed by atoms with Gasteiger partial charge in [-0.05, 0) is 54.8 Å². The number of carbonyl (C=O) groups excluding carboxylic acids is 2. The Labute approximate surface area is 203 Å². The lowest BCUT2D eigenvalue weighted by Crippen LogP contribution is -2.06. The zero-order valence-electron chi connectivity index (χ0n) is 18.5. The summed E-state index contributed by atoms with van der Waals surface area (Å²) in [6.45, 7) is 0. The highest BCUT2D eigenvalue weighted by Gasteiger charge is 2.30. The van der Waals surface area contributed by atoms with Crippen LogP contribution in [0.2, 0.25) is 0 Å². The van der Waals surface area contributed by atoms with Crippen LogP contribution in [0.3, 0.4) is 0 Å². The summed E-state index contributed by atoms with van der Waals surface area (Å²) in [4.78, 5) is 29.3. The Bertz CT molecular complexity index is 1410. The van der Waals surface area contributed by atoms with Gasteiger partial charge in [-0.2, -0.15) is 13.2 Å². The summed E-state index contributed by atoms with van der Waals surface area (Å²) in [5.41, 5.74) is 0.966. The highest BCUT2D eigenvalue weighted by atomic mass is 32.1. The molecule has 0 N–H and O–H groups in total. The van der Waals surface area contributed by atoms with Gasteiger partial charge < -0.3 is 4.74 Å². The van der Waals surface area contributed by atoms with Gasteiger partial charge in [0.15, 0.2) is 5.78 Å². The molecule has 1 aliphatic rings. The van der Waals surface area contributed by atoms with Gasteiger partial charge in [-0.3, -0.25) is 9.59 Å². The van der Waals surface area contributed by atoms with Crippen molar-refractivity contribution in [1.82, 2.24) is 4.98 Å². The molecule has 1 fully saturated rings. The first-order chi connectivity index (χ1) is 16.7. The highest BCUT2D eigenvalue weighted by molar-refractivity contribution is 7.18. The monoisotopic (exact) mass is 495 g/mol. The summed E-state index contributed by atoms with van der Waals surface area (Å²) in [6.07, 6.45) is -2.10. The van der Waals surface area contributed by atoms with E-state index in [4.69, 9.17) is 4.74 Å². The first-order valence-corrected chi connectivity index (χ1v) is 12.0. The number of thiazole rings is 1. The summed E-state index contributed by atoms with van der Waals surface area (Å²) < 4.78 is 45.1. The third-order valence-corrected chi connectivity index (χ3v) is 6.82. The van der Waals surface area contributed by atoms with Crippen molar-refractivity contribution in [3.63, 3.8) is 0 Å². The summed E-state index contributed by atoms with van der Waals surface area (Å²) in [5, 5.41) is 0.796. The smallest absolute Gasteiger partial charge is 0.416 e. The minimum atomic E-state index is -4.41. The fraction of sp³-hybridized carbons (Fsp3) is 0.222. The van der Waals surface area contributed by atoms with E-state index in [0.717, 1.165) is 40.2 Å². The van der Waals surface area contributed by atoms with Crippen LogP contribution in [-0.4, -0.2) is 16.6 Å². The number of nitrogens with zero attached hydrogens (tertiary/aromatic N) is 1. The summed E-state index contributed by atoms with van der Waals surface area (Å²) in [5.74, 6) is 1.27. The maximum atomic E-state index is 12.7. The number of ether oxygens (including phenoxy) is 1. The quantitative estimate of drug-likeness (QED) is 0.246. The first-order valence-electron chi connectivity index (χ1n) is 11.1. The molecule has 0 unspecified atom stereocenters. The van der Waals surface area contributed by atoms with Gasteiger partial charge in [0.2, 0.25) is 0 Å². The van der Waals surface area contributed by atoms with Crippen LogP contribution in [0.25, 0.3) is 10.2 Å². The molecule has 5 rings (SSSR count). The van der Waals surface area contributed by atoms with Crippen molar-refractivity contribution in [2.24, 2.45) is 5.92 Å². The van der Waals surface area contributed by atoms with Gasteiger partial charge in [0, 0.05) is 24.0 Å². The minimum Gasteiger partial charge on any atom is -0.457 e. The maximum absolute atomic E-state index is 12.7. The number of hydrogen-bond acceptors (Lipinski definition) is 5. The Balaban J connectivity index is 1.27. The number of benzene rings is 3. The van der Waals surface area contributed by atoms with E-state index in [1.807, 2.05) is 12.1 Å². The Morgan fingerprint density at radius 2 is 1.69 bits per heavy atom. The standard InChI is InChI=1S/C27H20F3NO3S/c28-27(29,30)19-8-4-16(5-9-19)12-23(32)18-2-1-3-20(13-18)34-21-10-11-22-25(14-21)35-26(31-22)15-24(33)17-6-7-17/h1-5,8-11,13-14,17H,6-7,12,15H2. The van der Waals surface area contributed by atoms with Crippen molar-refractivity contribution in [1.29, 1.82) is 0 Å². The molecule has 1 aliphatic carbocycles. The SMILES string of the molecule is O=C(Cc1ccc(C(F)(F)F)cc1)c1cccc(Oc2ccc3nc(CC(=O)C4CC4)sc3c2)c1. The molecule has 3 aromatic carbocycles. The molecule has 4 aromatic rings. The van der Waals surface area contributed by atoms with Gasteiger partial charge >= 0.3 is 6.18 Å². The molecule has 0 spiro atoms. The van der Waals surface area contributed by atoms with Crippen molar-refractivity contribution in [2.45, 2.75) is 31.9 Å². The molecule has 8 heteroatoms. The van der Waals surface area contributed by atoms with E-state index in [-0.39, 0.29) is 23.9 Å². The lowest BCUT2D eigenvalue weighted by Gasteiger charge is -2.09. The molecule has 0 radical (unpaired) electrons. The van der Waals surface area contributed by atoms with Crippen LogP contribution >= 0.6 is 11.3 Å². The van der Waals surface area contributed by atoms with Crippen LogP contribution < -0.4 is 4.74 Å². The largest absolute Gasteiger partial charge is 0.457 e. The molecule has 1 aromatic heterocycles. The maximum Gasteiger partial charge on any atom is 0.416 e. The highest BCUT2D eigenvalue weighted by Crippen LogP contribution is 2.34. The van der Waals surface area contributed by atoms with Crippen LogP contribution in [-0.2, 0) is 23.8 Å². The average molecular weight is 496 g/mol. The summed E-state index contributed by atoms with van der Waals surface area (Å²) in [6, 6.07) is 16.8. The predicted octanol–water partition coefficient (Wildman–Crippen LogP) is 7.05. The van der Waals surface area contributed by atoms with Gasteiger partial charge in [-0.15, -0.1) is 11.3 Å². The molecule has 0 saturated heterocycles. The van der Waals surface area contributed by atoms with E-state index in [1.165, 1.54) is 23.5 Å². The van der Waals surface area contributed by atoms with Crippen molar-refractivity contribution in [2.75, 3.05) is 0 Å². The van der Waals surface area contributed by atoms with Gasteiger partial charge in [0.1, 0.15) is 22.3 Å². The normalized spacial score (nSPS) is 13.7. The summed E-state index contributed by atoms with van der Waals surface area (Å²) in [7, 11) is 0.